The van der Waals surface area contributed by atoms with Crippen molar-refractivity contribution in [2.75, 3.05) is 0 Å². The molecule has 0 N–H and O–H groups in total. The van der Waals surface area contributed by atoms with E-state index in [9.17, 15) is 0 Å². The van der Waals surface area contributed by atoms with Gasteiger partial charge in [-0.05, 0) is 32.6 Å². The van der Waals surface area contributed by atoms with Crippen LogP contribution in [0.4, 0.5) is 0 Å². The van der Waals surface area contributed by atoms with Gasteiger partial charge >= 0.3 is 0 Å². The second kappa shape index (κ2) is 16.1. The Hall–Kier alpha value is -0.260. The van der Waals surface area contributed by atoms with Crippen molar-refractivity contribution < 1.29 is 0 Å². The SMILES string of the molecule is CCCCCCCCCCC(C)CCCCCC=C(C)C. The largest absolute Gasteiger partial charge is 0.0859 e. The zero-order valence-electron chi connectivity index (χ0n) is 15.6. The van der Waals surface area contributed by atoms with Gasteiger partial charge in [0, 0.05) is 0 Å². The standard InChI is InChI=1S/C21H42/c1-5-6-7-8-9-10-11-15-18-21(4)19-16-13-12-14-17-20(2)3/h17,21H,5-16,18-19H2,1-4H3. The van der Waals surface area contributed by atoms with Crippen molar-refractivity contribution in [1.82, 2.24) is 0 Å². The Balaban J connectivity index is 3.20. The van der Waals surface area contributed by atoms with Crippen molar-refractivity contribution in [3.63, 3.8) is 0 Å². The molecule has 0 radical (unpaired) electrons. The van der Waals surface area contributed by atoms with Crippen LogP contribution in [0.5, 0.6) is 0 Å². The molecule has 0 rings (SSSR count). The van der Waals surface area contributed by atoms with Crippen molar-refractivity contribution >= 4 is 0 Å². The summed E-state index contributed by atoms with van der Waals surface area (Å²) in [5, 5.41) is 0. The van der Waals surface area contributed by atoms with Gasteiger partial charge in [-0.25, -0.2) is 0 Å². The van der Waals surface area contributed by atoms with E-state index in [4.69, 9.17) is 0 Å². The summed E-state index contributed by atoms with van der Waals surface area (Å²) in [5.74, 6) is 0.952. The molecule has 126 valence electrons. The average Bonchev–Trinajstić information content (AvgIpc) is 2.45. The molecule has 0 aromatic rings. The molecule has 0 fully saturated rings. The molecule has 21 heavy (non-hydrogen) atoms. The Morgan fingerprint density at radius 2 is 1.19 bits per heavy atom. The summed E-state index contributed by atoms with van der Waals surface area (Å²) in [7, 11) is 0. The average molecular weight is 295 g/mol. The first-order valence-corrected chi connectivity index (χ1v) is 9.80. The van der Waals surface area contributed by atoms with Crippen LogP contribution in [0, 0.1) is 5.92 Å². The highest BCUT2D eigenvalue weighted by atomic mass is 14.1. The second-order valence-corrected chi connectivity index (χ2v) is 7.29. The van der Waals surface area contributed by atoms with Gasteiger partial charge in [0.2, 0.25) is 0 Å². The zero-order valence-corrected chi connectivity index (χ0v) is 15.6. The predicted octanol–water partition coefficient (Wildman–Crippen LogP) is 8.07. The first-order valence-electron chi connectivity index (χ1n) is 9.80. The van der Waals surface area contributed by atoms with Crippen LogP contribution in [0.25, 0.3) is 0 Å². The van der Waals surface area contributed by atoms with E-state index in [1.165, 1.54) is 95.5 Å². The Morgan fingerprint density at radius 1 is 0.714 bits per heavy atom. The van der Waals surface area contributed by atoms with E-state index in [0.717, 1.165) is 5.92 Å². The molecule has 0 bridgehead atoms. The zero-order chi connectivity index (χ0) is 15.8. The Morgan fingerprint density at radius 3 is 1.71 bits per heavy atom. The Kier molecular flexibility index (Phi) is 15.9. The van der Waals surface area contributed by atoms with E-state index in [1.54, 1.807) is 0 Å². The van der Waals surface area contributed by atoms with Crippen LogP contribution in [-0.4, -0.2) is 0 Å². The summed E-state index contributed by atoms with van der Waals surface area (Å²) in [6.07, 6.45) is 22.4. The fourth-order valence-electron chi connectivity index (χ4n) is 2.98. The quantitative estimate of drug-likeness (QED) is 0.211. The molecule has 0 amide bonds. The van der Waals surface area contributed by atoms with Gasteiger partial charge in [0.05, 0.1) is 0 Å². The molecule has 0 heteroatoms. The maximum Gasteiger partial charge on any atom is -0.0348 e. The van der Waals surface area contributed by atoms with Gasteiger partial charge in [-0.15, -0.1) is 0 Å². The van der Waals surface area contributed by atoms with Crippen LogP contribution in [0.1, 0.15) is 118 Å². The molecule has 0 spiro atoms. The molecule has 0 nitrogen and oxygen atoms in total. The first-order chi connectivity index (χ1) is 10.2. The molecule has 0 heterocycles. The monoisotopic (exact) mass is 294 g/mol. The molecular formula is C21H42. The lowest BCUT2D eigenvalue weighted by Crippen LogP contribution is -1.95. The van der Waals surface area contributed by atoms with Crippen LogP contribution >= 0.6 is 0 Å². The lowest BCUT2D eigenvalue weighted by Gasteiger charge is -2.10. The van der Waals surface area contributed by atoms with E-state index in [2.05, 4.69) is 33.8 Å². The lowest BCUT2D eigenvalue weighted by atomic mass is 9.96. The van der Waals surface area contributed by atoms with Gasteiger partial charge in [0.15, 0.2) is 0 Å². The first kappa shape index (κ1) is 20.7. The molecule has 0 aliphatic rings. The van der Waals surface area contributed by atoms with Crippen molar-refractivity contribution in [3.8, 4) is 0 Å². The molecule has 0 aromatic carbocycles. The van der Waals surface area contributed by atoms with Crippen molar-refractivity contribution in [3.05, 3.63) is 11.6 Å². The third-order valence-electron chi connectivity index (χ3n) is 4.50. The molecular weight excluding hydrogens is 252 g/mol. The molecule has 1 unspecified atom stereocenters. The molecule has 0 aliphatic carbocycles. The van der Waals surface area contributed by atoms with Gasteiger partial charge in [0.25, 0.3) is 0 Å². The maximum absolute atomic E-state index is 2.46. The van der Waals surface area contributed by atoms with Crippen LogP contribution in [0.2, 0.25) is 0 Å². The number of hydrogen-bond donors (Lipinski definition) is 0. The second-order valence-electron chi connectivity index (χ2n) is 7.29. The van der Waals surface area contributed by atoms with Crippen LogP contribution in [-0.2, 0) is 0 Å². The third kappa shape index (κ3) is 17.7. The van der Waals surface area contributed by atoms with Crippen molar-refractivity contribution in [2.24, 2.45) is 5.92 Å². The van der Waals surface area contributed by atoms with Gasteiger partial charge in [-0.1, -0.05) is 103 Å². The van der Waals surface area contributed by atoms with Gasteiger partial charge < -0.3 is 0 Å². The fourth-order valence-corrected chi connectivity index (χ4v) is 2.98. The van der Waals surface area contributed by atoms with Gasteiger partial charge in [-0.2, -0.15) is 0 Å². The molecule has 0 saturated carbocycles. The fraction of sp³-hybridized carbons (Fsp3) is 0.905. The maximum atomic E-state index is 2.46. The summed E-state index contributed by atoms with van der Waals surface area (Å²) < 4.78 is 0. The van der Waals surface area contributed by atoms with Gasteiger partial charge in [-0.3, -0.25) is 0 Å². The normalized spacial score (nSPS) is 12.4. The Bertz CT molecular complexity index is 222. The predicted molar refractivity (Wildman–Crippen MR) is 98.9 cm³/mol. The smallest absolute Gasteiger partial charge is 0.0348 e. The van der Waals surface area contributed by atoms with Crippen LogP contribution in [0.3, 0.4) is 0 Å². The third-order valence-corrected chi connectivity index (χ3v) is 4.50. The van der Waals surface area contributed by atoms with Crippen LogP contribution < -0.4 is 0 Å². The van der Waals surface area contributed by atoms with E-state index in [-0.39, 0.29) is 0 Å². The summed E-state index contributed by atoms with van der Waals surface area (Å²) >= 11 is 0. The summed E-state index contributed by atoms with van der Waals surface area (Å²) in [6, 6.07) is 0. The van der Waals surface area contributed by atoms with E-state index < -0.39 is 0 Å². The van der Waals surface area contributed by atoms with Gasteiger partial charge in [0.1, 0.15) is 0 Å². The highest BCUT2D eigenvalue weighted by molar-refractivity contribution is 4.92. The molecule has 0 aliphatic heterocycles. The van der Waals surface area contributed by atoms with E-state index >= 15 is 0 Å². The van der Waals surface area contributed by atoms with Crippen molar-refractivity contribution in [2.45, 2.75) is 118 Å². The summed E-state index contributed by atoms with van der Waals surface area (Å²) in [5.41, 5.74) is 1.47. The number of hydrogen-bond acceptors (Lipinski definition) is 0. The summed E-state index contributed by atoms with van der Waals surface area (Å²) in [4.78, 5) is 0. The highest BCUT2D eigenvalue weighted by Gasteiger charge is 2.01. The van der Waals surface area contributed by atoms with E-state index in [0.29, 0.717) is 0 Å². The summed E-state index contributed by atoms with van der Waals surface area (Å²) in [6.45, 7) is 9.15. The molecule has 0 saturated heterocycles. The van der Waals surface area contributed by atoms with E-state index in [1.807, 2.05) is 0 Å². The van der Waals surface area contributed by atoms with Crippen LogP contribution in [0.15, 0.2) is 11.6 Å². The molecule has 0 aromatic heterocycles. The minimum absolute atomic E-state index is 0.952. The van der Waals surface area contributed by atoms with Crippen molar-refractivity contribution in [1.29, 1.82) is 0 Å². The number of rotatable bonds is 15. The highest BCUT2D eigenvalue weighted by Crippen LogP contribution is 2.18. The minimum atomic E-state index is 0.952. The Labute approximate surface area is 135 Å². The number of allylic oxidation sites excluding steroid dienone is 2. The molecule has 1 atom stereocenters. The topological polar surface area (TPSA) is 0 Å². The minimum Gasteiger partial charge on any atom is -0.0859 e. The lowest BCUT2D eigenvalue weighted by molar-refractivity contribution is 0.434. The number of unbranched alkanes of at least 4 members (excludes halogenated alkanes) is 10.